The second kappa shape index (κ2) is 11.5. The summed E-state index contributed by atoms with van der Waals surface area (Å²) in [7, 11) is 1.50. The van der Waals surface area contributed by atoms with Crippen LogP contribution in [-0.2, 0) is 19.2 Å². The number of nitrogens with one attached hydrogen (secondary N) is 1. The van der Waals surface area contributed by atoms with E-state index in [2.05, 4.69) is 5.43 Å². The molecule has 11 nitrogen and oxygen atoms in total. The normalized spacial score (nSPS) is 15.8. The first kappa shape index (κ1) is 23.9. The fraction of sp³-hybridized carbons (Fsp3) is 0.733. The molecule has 4 atom stereocenters. The maximum atomic E-state index is 12.3. The van der Waals surface area contributed by atoms with Crippen molar-refractivity contribution in [2.75, 3.05) is 20.2 Å². The average molecular weight is 376 g/mol. The number of hydrogen-bond acceptors (Lipinski definition) is 8. The van der Waals surface area contributed by atoms with Gasteiger partial charge in [0.05, 0.1) is 24.5 Å². The number of carbonyl (C=O) groups is 4. The summed E-state index contributed by atoms with van der Waals surface area (Å²) in [5.41, 5.74) is 13.2. The second-order valence-corrected chi connectivity index (χ2v) is 6.29. The number of nitrogens with zero attached hydrogens (tertiary/aromatic N) is 1. The number of amides is 2. The first-order valence-electron chi connectivity index (χ1n) is 8.06. The highest BCUT2D eigenvalue weighted by Crippen LogP contribution is 2.14. The number of aliphatic hydroxyl groups is 2. The van der Waals surface area contributed by atoms with Crippen LogP contribution < -0.4 is 16.9 Å². The number of hydrazine groups is 1. The van der Waals surface area contributed by atoms with Crippen LogP contribution >= 0.6 is 0 Å². The molecule has 2 amide bonds. The van der Waals surface area contributed by atoms with Crippen LogP contribution in [0.4, 0.5) is 0 Å². The lowest BCUT2D eigenvalue weighted by Gasteiger charge is -2.25. The van der Waals surface area contributed by atoms with Crippen LogP contribution in [0.1, 0.15) is 26.2 Å². The number of aliphatic hydroxyl groups excluding tert-OH is 2. The molecule has 0 aromatic carbocycles. The van der Waals surface area contributed by atoms with Crippen molar-refractivity contribution in [3.05, 3.63) is 0 Å². The Bertz CT molecular complexity index is 512. The topological polar surface area (TPSA) is 196 Å². The quantitative estimate of drug-likeness (QED) is 0.184. The lowest BCUT2D eigenvalue weighted by molar-refractivity contribution is -0.145. The predicted molar refractivity (Wildman–Crippen MR) is 90.2 cm³/mol. The number of Topliss-reactive ketones (excluding diaryl/α,β-unsaturated/α-hetero) is 1. The largest absolute Gasteiger partial charge is 0.481 e. The third kappa shape index (κ3) is 9.42. The Labute approximate surface area is 151 Å². The summed E-state index contributed by atoms with van der Waals surface area (Å²) in [6, 6.07) is -0.627. The number of carboxylic acids is 1. The van der Waals surface area contributed by atoms with Crippen molar-refractivity contribution >= 4 is 23.6 Å². The summed E-state index contributed by atoms with van der Waals surface area (Å²) in [4.78, 5) is 46.3. The van der Waals surface area contributed by atoms with Gasteiger partial charge in [0.15, 0.2) is 0 Å². The molecule has 8 N–H and O–H groups in total. The molecule has 11 heteroatoms. The molecule has 0 saturated carbocycles. The van der Waals surface area contributed by atoms with Gasteiger partial charge in [-0.1, -0.05) is 0 Å². The number of likely N-dealkylation sites (N-methyl/N-ethyl adjacent to an activating group) is 1. The summed E-state index contributed by atoms with van der Waals surface area (Å²) in [5, 5.41) is 28.5. The zero-order chi connectivity index (χ0) is 20.4. The van der Waals surface area contributed by atoms with Crippen LogP contribution in [0.5, 0.6) is 0 Å². The molecule has 0 bridgehead atoms. The van der Waals surface area contributed by atoms with Crippen molar-refractivity contribution in [1.29, 1.82) is 0 Å². The fourth-order valence-corrected chi connectivity index (χ4v) is 2.16. The molecule has 26 heavy (non-hydrogen) atoms. The molecule has 0 heterocycles. The van der Waals surface area contributed by atoms with Gasteiger partial charge in [-0.15, -0.1) is 0 Å². The van der Waals surface area contributed by atoms with E-state index >= 15 is 0 Å². The van der Waals surface area contributed by atoms with E-state index in [0.29, 0.717) is 0 Å². The van der Waals surface area contributed by atoms with E-state index in [-0.39, 0.29) is 6.54 Å². The summed E-state index contributed by atoms with van der Waals surface area (Å²) < 4.78 is 0. The number of hydrogen-bond donors (Lipinski definition) is 6. The maximum absolute atomic E-state index is 12.3. The maximum Gasteiger partial charge on any atom is 0.309 e. The molecule has 0 saturated heterocycles. The number of ketones is 1. The van der Waals surface area contributed by atoms with Gasteiger partial charge in [-0.05, 0) is 6.92 Å². The molecule has 0 aliphatic heterocycles. The number of carboxylic acid groups (broad SMARTS) is 1. The SMILES string of the molecule is CC(O)[C@H](N)CN(C)NC(=O)[C@H](CC(N)=O)CC(=O)C[C@@H](CO)C(=O)O. The van der Waals surface area contributed by atoms with Gasteiger partial charge < -0.3 is 26.8 Å². The Morgan fingerprint density at radius 3 is 2.08 bits per heavy atom. The Kier molecular flexibility index (Phi) is 10.6. The molecule has 1 unspecified atom stereocenters. The Morgan fingerprint density at radius 2 is 1.65 bits per heavy atom. The van der Waals surface area contributed by atoms with Crippen LogP contribution in [0.25, 0.3) is 0 Å². The number of aliphatic carboxylic acids is 1. The van der Waals surface area contributed by atoms with E-state index in [1.54, 1.807) is 0 Å². The molecular formula is C15H28N4O7. The number of primary amides is 1. The van der Waals surface area contributed by atoms with Crippen molar-refractivity contribution in [2.45, 2.75) is 38.3 Å². The zero-order valence-corrected chi connectivity index (χ0v) is 14.9. The summed E-state index contributed by atoms with van der Waals surface area (Å²) in [6.45, 7) is 0.898. The number of carbonyl (C=O) groups excluding carboxylic acids is 3. The van der Waals surface area contributed by atoms with E-state index < -0.39 is 73.4 Å². The second-order valence-electron chi connectivity index (χ2n) is 6.29. The van der Waals surface area contributed by atoms with Crippen molar-refractivity contribution in [1.82, 2.24) is 10.4 Å². The van der Waals surface area contributed by atoms with Gasteiger partial charge in [-0.25, -0.2) is 5.01 Å². The van der Waals surface area contributed by atoms with E-state index in [0.717, 1.165) is 0 Å². The monoisotopic (exact) mass is 376 g/mol. The van der Waals surface area contributed by atoms with Crippen LogP contribution in [-0.4, -0.2) is 76.2 Å². The van der Waals surface area contributed by atoms with E-state index in [9.17, 15) is 24.3 Å². The average Bonchev–Trinajstić information content (AvgIpc) is 2.50. The molecule has 0 fully saturated rings. The minimum Gasteiger partial charge on any atom is -0.481 e. The van der Waals surface area contributed by atoms with Gasteiger partial charge in [0.25, 0.3) is 0 Å². The van der Waals surface area contributed by atoms with Gasteiger partial charge in [0, 0.05) is 38.9 Å². The molecule has 0 aromatic heterocycles. The highest BCUT2D eigenvalue weighted by molar-refractivity contribution is 5.91. The van der Waals surface area contributed by atoms with Gasteiger partial charge in [-0.3, -0.25) is 24.6 Å². The molecule has 0 aromatic rings. The lowest BCUT2D eigenvalue weighted by atomic mass is 9.93. The van der Waals surface area contributed by atoms with Gasteiger partial charge in [0.2, 0.25) is 11.8 Å². The molecule has 150 valence electrons. The third-order valence-corrected chi connectivity index (χ3v) is 3.74. The third-order valence-electron chi connectivity index (χ3n) is 3.74. The highest BCUT2D eigenvalue weighted by Gasteiger charge is 2.28. The van der Waals surface area contributed by atoms with Crippen LogP contribution in [0.3, 0.4) is 0 Å². The Morgan fingerprint density at radius 1 is 1.12 bits per heavy atom. The Balaban J connectivity index is 4.86. The standard InChI is InChI=1S/C15H28N4O7/c1-8(21)12(16)6-19(2)18-14(24)9(5-13(17)23)3-11(22)4-10(7-20)15(25)26/h8-10,12,20-21H,3-7,16H2,1-2H3,(H2,17,23)(H,18,24)(H,25,26)/t8?,9-,10-,12+/m0/s1. The predicted octanol–water partition coefficient (Wildman–Crippen LogP) is -2.81. The number of rotatable bonds is 13. The van der Waals surface area contributed by atoms with Crippen molar-refractivity contribution in [2.24, 2.45) is 23.3 Å². The lowest BCUT2D eigenvalue weighted by Crippen LogP contribution is -2.50. The van der Waals surface area contributed by atoms with Gasteiger partial charge in [0.1, 0.15) is 5.78 Å². The zero-order valence-electron chi connectivity index (χ0n) is 14.9. The van der Waals surface area contributed by atoms with Crippen molar-refractivity contribution in [3.8, 4) is 0 Å². The summed E-state index contributed by atoms with van der Waals surface area (Å²) in [6.07, 6.45) is -2.06. The smallest absolute Gasteiger partial charge is 0.309 e. The first-order valence-corrected chi connectivity index (χ1v) is 8.06. The van der Waals surface area contributed by atoms with E-state index in [1.807, 2.05) is 0 Å². The minimum absolute atomic E-state index is 0.117. The number of nitrogens with two attached hydrogens (primary N) is 2. The van der Waals surface area contributed by atoms with E-state index in [1.165, 1.54) is 19.0 Å². The molecule has 0 rings (SSSR count). The van der Waals surface area contributed by atoms with Crippen LogP contribution in [0, 0.1) is 11.8 Å². The minimum atomic E-state index is -1.33. The molecule has 0 radical (unpaired) electrons. The van der Waals surface area contributed by atoms with Gasteiger partial charge in [-0.2, -0.15) is 0 Å². The van der Waals surface area contributed by atoms with Crippen LogP contribution in [0.2, 0.25) is 0 Å². The highest BCUT2D eigenvalue weighted by atomic mass is 16.4. The summed E-state index contributed by atoms with van der Waals surface area (Å²) >= 11 is 0. The molecule has 0 aliphatic carbocycles. The van der Waals surface area contributed by atoms with Crippen LogP contribution in [0.15, 0.2) is 0 Å². The summed E-state index contributed by atoms with van der Waals surface area (Å²) in [5.74, 6) is -5.73. The molecular weight excluding hydrogens is 348 g/mol. The van der Waals surface area contributed by atoms with E-state index in [4.69, 9.17) is 21.7 Å². The fourth-order valence-electron chi connectivity index (χ4n) is 2.16. The Hall–Kier alpha value is -2.08. The van der Waals surface area contributed by atoms with Gasteiger partial charge >= 0.3 is 5.97 Å². The molecule has 0 aliphatic rings. The van der Waals surface area contributed by atoms with Crippen molar-refractivity contribution < 1.29 is 34.5 Å². The van der Waals surface area contributed by atoms with Crippen molar-refractivity contribution in [3.63, 3.8) is 0 Å². The first-order chi connectivity index (χ1) is 12.0. The molecule has 0 spiro atoms.